The highest BCUT2D eigenvalue weighted by molar-refractivity contribution is 7.88. The average molecular weight is 360 g/mol. The zero-order valence-corrected chi connectivity index (χ0v) is 14.8. The van der Waals surface area contributed by atoms with E-state index in [1.54, 1.807) is 7.11 Å². The van der Waals surface area contributed by atoms with E-state index in [9.17, 15) is 13.5 Å². The quantitative estimate of drug-likeness (QED) is 0.744. The first kappa shape index (κ1) is 17.7. The fourth-order valence-corrected chi connectivity index (χ4v) is 4.40. The molecule has 2 fully saturated rings. The van der Waals surface area contributed by atoms with Crippen LogP contribution in [0.5, 0.6) is 0 Å². The van der Waals surface area contributed by atoms with Gasteiger partial charge in [0.05, 0.1) is 18.4 Å². The molecule has 1 aromatic heterocycles. The summed E-state index contributed by atoms with van der Waals surface area (Å²) in [6, 6.07) is 0. The van der Waals surface area contributed by atoms with Crippen molar-refractivity contribution < 1.29 is 22.8 Å². The first-order valence-electron chi connectivity index (χ1n) is 8.00. The zero-order chi connectivity index (χ0) is 17.4. The van der Waals surface area contributed by atoms with Gasteiger partial charge >= 0.3 is 0 Å². The molecule has 0 radical (unpaired) electrons. The van der Waals surface area contributed by atoms with Gasteiger partial charge in [-0.1, -0.05) is 5.16 Å². The van der Waals surface area contributed by atoms with Crippen molar-refractivity contribution in [3.05, 3.63) is 11.7 Å². The molecule has 0 saturated carbocycles. The summed E-state index contributed by atoms with van der Waals surface area (Å²) in [5, 5.41) is 14.7. The van der Waals surface area contributed by atoms with Crippen molar-refractivity contribution in [2.75, 3.05) is 39.5 Å². The molecule has 2 saturated heterocycles. The molecule has 9 nitrogen and oxygen atoms in total. The van der Waals surface area contributed by atoms with Crippen LogP contribution in [0.1, 0.15) is 24.6 Å². The number of rotatable bonds is 5. The Morgan fingerprint density at radius 3 is 2.83 bits per heavy atom. The fraction of sp³-hybridized carbons (Fsp3) is 0.857. The van der Waals surface area contributed by atoms with E-state index < -0.39 is 15.6 Å². The molecule has 0 unspecified atom stereocenters. The summed E-state index contributed by atoms with van der Waals surface area (Å²) in [6.07, 6.45) is 2.32. The van der Waals surface area contributed by atoms with Crippen LogP contribution in [0.3, 0.4) is 0 Å². The van der Waals surface area contributed by atoms with Gasteiger partial charge in [0.25, 0.3) is 5.89 Å². The van der Waals surface area contributed by atoms with E-state index in [0.29, 0.717) is 50.7 Å². The van der Waals surface area contributed by atoms with E-state index in [1.165, 1.54) is 10.6 Å². The van der Waals surface area contributed by atoms with Gasteiger partial charge in [-0.25, -0.2) is 12.7 Å². The van der Waals surface area contributed by atoms with Gasteiger partial charge in [0, 0.05) is 39.2 Å². The number of fused-ring (bicyclic) bond motifs is 1. The van der Waals surface area contributed by atoms with Crippen LogP contribution < -0.4 is 0 Å². The molecular weight excluding hydrogens is 336 g/mol. The van der Waals surface area contributed by atoms with Crippen LogP contribution in [-0.2, 0) is 27.9 Å². The van der Waals surface area contributed by atoms with Crippen molar-refractivity contribution in [1.29, 1.82) is 0 Å². The van der Waals surface area contributed by atoms with E-state index in [4.69, 9.17) is 9.26 Å². The monoisotopic (exact) mass is 360 g/mol. The lowest BCUT2D eigenvalue weighted by Gasteiger charge is -2.49. The van der Waals surface area contributed by atoms with Gasteiger partial charge in [-0.15, -0.1) is 0 Å². The number of ether oxygens (including phenoxy) is 1. The summed E-state index contributed by atoms with van der Waals surface area (Å²) in [5.41, 5.74) is -0.782. The van der Waals surface area contributed by atoms with Crippen LogP contribution in [0.25, 0.3) is 0 Å². The Bertz CT molecular complexity index is 678. The highest BCUT2D eigenvalue weighted by Gasteiger charge is 2.46. The molecule has 1 N–H and O–H groups in total. The maximum Gasteiger partial charge on any atom is 0.252 e. The van der Waals surface area contributed by atoms with Crippen molar-refractivity contribution in [2.45, 2.75) is 31.6 Å². The minimum Gasteiger partial charge on any atom is -0.389 e. The summed E-state index contributed by atoms with van der Waals surface area (Å²) in [4.78, 5) is 6.39. The number of methoxy groups -OCH3 is 1. The first-order valence-corrected chi connectivity index (χ1v) is 9.85. The predicted octanol–water partition coefficient (Wildman–Crippen LogP) is -0.566. The number of nitrogens with zero attached hydrogens (tertiary/aromatic N) is 4. The highest BCUT2D eigenvalue weighted by Crippen LogP contribution is 2.36. The lowest BCUT2D eigenvalue weighted by molar-refractivity contribution is -0.103. The molecule has 0 bridgehead atoms. The third-order valence-corrected chi connectivity index (χ3v) is 6.20. The van der Waals surface area contributed by atoms with Crippen molar-refractivity contribution in [3.8, 4) is 0 Å². The molecule has 136 valence electrons. The number of likely N-dealkylation sites (tertiary alicyclic amines) is 1. The van der Waals surface area contributed by atoms with Gasteiger partial charge in [0.1, 0.15) is 6.61 Å². The van der Waals surface area contributed by atoms with Crippen molar-refractivity contribution in [2.24, 2.45) is 5.92 Å². The van der Waals surface area contributed by atoms with Gasteiger partial charge in [0.2, 0.25) is 10.0 Å². The molecule has 0 aromatic carbocycles. The third-order valence-electron chi connectivity index (χ3n) is 4.93. The Morgan fingerprint density at radius 1 is 1.38 bits per heavy atom. The maximum atomic E-state index is 11.8. The molecule has 0 amide bonds. The average Bonchev–Trinajstić information content (AvgIpc) is 2.94. The second-order valence-corrected chi connectivity index (χ2v) is 8.68. The highest BCUT2D eigenvalue weighted by atomic mass is 32.2. The summed E-state index contributed by atoms with van der Waals surface area (Å²) in [7, 11) is -1.67. The summed E-state index contributed by atoms with van der Waals surface area (Å²) in [6.45, 7) is 2.86. The molecule has 3 rings (SSSR count). The topological polar surface area (TPSA) is 109 Å². The van der Waals surface area contributed by atoms with E-state index in [0.717, 1.165) is 6.54 Å². The zero-order valence-electron chi connectivity index (χ0n) is 14.0. The lowest BCUT2D eigenvalue weighted by Crippen LogP contribution is -2.60. The fourth-order valence-electron chi connectivity index (χ4n) is 3.52. The number of aromatic nitrogens is 2. The molecule has 0 aliphatic carbocycles. The van der Waals surface area contributed by atoms with Gasteiger partial charge < -0.3 is 14.4 Å². The van der Waals surface area contributed by atoms with E-state index in [2.05, 4.69) is 15.0 Å². The number of hydrogen-bond acceptors (Lipinski definition) is 8. The summed E-state index contributed by atoms with van der Waals surface area (Å²) < 4.78 is 35.1. The van der Waals surface area contributed by atoms with E-state index in [-0.39, 0.29) is 12.5 Å². The lowest BCUT2D eigenvalue weighted by atomic mass is 9.76. The molecular formula is C14H24N4O5S. The second-order valence-electron chi connectivity index (χ2n) is 6.69. The van der Waals surface area contributed by atoms with Crippen LogP contribution in [0, 0.1) is 5.92 Å². The number of piperidine rings is 2. The Labute approximate surface area is 141 Å². The van der Waals surface area contributed by atoms with E-state index in [1.807, 2.05) is 0 Å². The van der Waals surface area contributed by atoms with Gasteiger partial charge in [0.15, 0.2) is 5.82 Å². The first-order chi connectivity index (χ1) is 11.3. The maximum absolute atomic E-state index is 11.8. The summed E-state index contributed by atoms with van der Waals surface area (Å²) >= 11 is 0. The number of sulfonamides is 1. The smallest absolute Gasteiger partial charge is 0.252 e. The summed E-state index contributed by atoms with van der Waals surface area (Å²) in [5.74, 6) is 0.894. The third kappa shape index (κ3) is 3.77. The van der Waals surface area contributed by atoms with Crippen molar-refractivity contribution in [1.82, 2.24) is 19.3 Å². The van der Waals surface area contributed by atoms with Gasteiger partial charge in [-0.05, 0) is 12.8 Å². The van der Waals surface area contributed by atoms with Crippen LogP contribution in [0.4, 0.5) is 0 Å². The predicted molar refractivity (Wildman–Crippen MR) is 84.4 cm³/mol. The van der Waals surface area contributed by atoms with Crippen LogP contribution in [-0.4, -0.2) is 78.0 Å². The van der Waals surface area contributed by atoms with Crippen LogP contribution in [0.2, 0.25) is 0 Å². The van der Waals surface area contributed by atoms with Crippen LogP contribution >= 0.6 is 0 Å². The standard InChI is InChI=1S/C14H24N4O5S/c1-22-10-13-15-12(16-23-13)9-17-5-3-14(19)4-6-18(24(2,20)21)8-11(14)7-17/h11,19H,3-10H2,1-2H3/t11-,14-/m1/s1. The van der Waals surface area contributed by atoms with Gasteiger partial charge in [-0.2, -0.15) is 4.98 Å². The Hall–Kier alpha value is -1.07. The Balaban J connectivity index is 1.64. The molecule has 2 atom stereocenters. The molecule has 2 aliphatic heterocycles. The van der Waals surface area contributed by atoms with E-state index >= 15 is 0 Å². The minimum atomic E-state index is -3.23. The molecule has 0 spiro atoms. The molecule has 24 heavy (non-hydrogen) atoms. The molecule has 1 aromatic rings. The number of aliphatic hydroxyl groups is 1. The second kappa shape index (κ2) is 6.68. The Morgan fingerprint density at radius 2 is 2.12 bits per heavy atom. The van der Waals surface area contributed by atoms with Crippen LogP contribution in [0.15, 0.2) is 4.52 Å². The minimum absolute atomic E-state index is 0.111. The molecule has 10 heteroatoms. The Kier molecular flexibility index (Phi) is 4.94. The van der Waals surface area contributed by atoms with Crippen molar-refractivity contribution >= 4 is 10.0 Å². The molecule has 2 aliphatic rings. The SMILES string of the molecule is COCc1nc(CN2CC[C@@]3(O)CCN(S(C)(=O)=O)C[C@H]3C2)no1. The largest absolute Gasteiger partial charge is 0.389 e. The van der Waals surface area contributed by atoms with Crippen molar-refractivity contribution in [3.63, 3.8) is 0 Å². The molecule has 3 heterocycles. The van der Waals surface area contributed by atoms with Gasteiger partial charge in [-0.3, -0.25) is 4.90 Å². The number of hydrogen-bond donors (Lipinski definition) is 1. The normalized spacial score (nSPS) is 29.5.